The number of nitrogens with zero attached hydrogens (tertiary/aromatic N) is 2. The first-order valence-electron chi connectivity index (χ1n) is 10.4. The summed E-state index contributed by atoms with van der Waals surface area (Å²) in [4.78, 5) is 26.2. The molecule has 32 heavy (non-hydrogen) atoms. The summed E-state index contributed by atoms with van der Waals surface area (Å²) in [6.45, 7) is 3.90. The van der Waals surface area contributed by atoms with Crippen LogP contribution in [0, 0.1) is 24.0 Å². The third-order valence-corrected chi connectivity index (χ3v) is 6.06. The maximum absolute atomic E-state index is 13.5. The highest BCUT2D eigenvalue weighted by atomic mass is 16.6. The van der Waals surface area contributed by atoms with Crippen molar-refractivity contribution in [1.82, 2.24) is 4.90 Å². The molecule has 1 aliphatic heterocycles. The average molecular weight is 431 g/mol. The molecule has 164 valence electrons. The zero-order valence-electron chi connectivity index (χ0n) is 18.3. The van der Waals surface area contributed by atoms with Crippen LogP contribution in [0.3, 0.4) is 0 Å². The van der Waals surface area contributed by atoms with Gasteiger partial charge in [0.05, 0.1) is 29.3 Å². The summed E-state index contributed by atoms with van der Waals surface area (Å²) in [5.74, 6) is 0.743. The number of hydrogen-bond donors (Lipinski definition) is 1. The van der Waals surface area contributed by atoms with E-state index in [1.807, 2.05) is 55.5 Å². The highest BCUT2D eigenvalue weighted by molar-refractivity contribution is 5.92. The molecule has 0 aromatic heterocycles. The highest BCUT2D eigenvalue weighted by Crippen LogP contribution is 2.36. The minimum atomic E-state index is -0.430. The van der Waals surface area contributed by atoms with E-state index in [9.17, 15) is 14.9 Å². The zero-order valence-corrected chi connectivity index (χ0v) is 18.3. The lowest BCUT2D eigenvalue weighted by Gasteiger charge is -2.37. The Morgan fingerprint density at radius 2 is 1.84 bits per heavy atom. The topological polar surface area (TPSA) is 84.7 Å². The first-order valence-corrected chi connectivity index (χ1v) is 10.4. The number of carbonyl (C=O) groups is 1. The maximum Gasteiger partial charge on any atom is 0.322 e. The van der Waals surface area contributed by atoms with E-state index in [2.05, 4.69) is 5.32 Å². The number of nitro benzene ring substituents is 1. The molecule has 0 saturated heterocycles. The number of carbonyl (C=O) groups excluding carboxylic acids is 1. The second-order valence-corrected chi connectivity index (χ2v) is 7.98. The summed E-state index contributed by atoms with van der Waals surface area (Å²) in [6.07, 6.45) is 0.670. The Labute approximate surface area is 186 Å². The molecule has 0 radical (unpaired) electrons. The van der Waals surface area contributed by atoms with E-state index in [1.54, 1.807) is 25.0 Å². The SMILES string of the molecule is COc1ccc2c(c1)CN(C(=O)Nc1c(C)ccc([N+](=O)[O-])c1C)[C@@H](c1ccccc1)C2. The van der Waals surface area contributed by atoms with Gasteiger partial charge >= 0.3 is 6.03 Å². The van der Waals surface area contributed by atoms with Crippen LogP contribution in [0.2, 0.25) is 0 Å². The first kappa shape index (κ1) is 21.4. The van der Waals surface area contributed by atoms with Crippen LogP contribution in [-0.4, -0.2) is 23.0 Å². The number of ether oxygens (including phenoxy) is 1. The van der Waals surface area contributed by atoms with E-state index in [0.717, 1.165) is 22.4 Å². The lowest BCUT2D eigenvalue weighted by atomic mass is 9.90. The van der Waals surface area contributed by atoms with Crippen LogP contribution in [0.5, 0.6) is 5.75 Å². The third-order valence-electron chi connectivity index (χ3n) is 6.06. The minimum Gasteiger partial charge on any atom is -0.497 e. The fraction of sp³-hybridized carbons (Fsp3) is 0.240. The van der Waals surface area contributed by atoms with Crippen LogP contribution < -0.4 is 10.1 Å². The van der Waals surface area contributed by atoms with E-state index in [-0.39, 0.29) is 17.8 Å². The Hall–Kier alpha value is -3.87. The predicted molar refractivity (Wildman–Crippen MR) is 123 cm³/mol. The lowest BCUT2D eigenvalue weighted by molar-refractivity contribution is -0.385. The number of methoxy groups -OCH3 is 1. The molecule has 0 bridgehead atoms. The molecule has 7 nitrogen and oxygen atoms in total. The summed E-state index contributed by atoms with van der Waals surface area (Å²) in [6, 6.07) is 18.5. The summed E-state index contributed by atoms with van der Waals surface area (Å²) in [7, 11) is 1.62. The van der Waals surface area contributed by atoms with Gasteiger partial charge in [0.15, 0.2) is 0 Å². The normalized spacial score (nSPS) is 15.1. The second-order valence-electron chi connectivity index (χ2n) is 7.98. The average Bonchev–Trinajstić information content (AvgIpc) is 2.80. The Bertz CT molecular complexity index is 1180. The van der Waals surface area contributed by atoms with Crippen molar-refractivity contribution >= 4 is 17.4 Å². The number of hydrogen-bond acceptors (Lipinski definition) is 4. The van der Waals surface area contributed by atoms with Gasteiger partial charge in [0.25, 0.3) is 5.69 Å². The fourth-order valence-corrected chi connectivity index (χ4v) is 4.28. The van der Waals surface area contributed by atoms with Crippen molar-refractivity contribution in [2.24, 2.45) is 0 Å². The zero-order chi connectivity index (χ0) is 22.8. The van der Waals surface area contributed by atoms with Crippen LogP contribution >= 0.6 is 0 Å². The molecule has 1 N–H and O–H groups in total. The summed E-state index contributed by atoms with van der Waals surface area (Å²) in [5, 5.41) is 14.3. The smallest absolute Gasteiger partial charge is 0.322 e. The number of nitrogens with one attached hydrogen (secondary N) is 1. The van der Waals surface area contributed by atoms with Crippen LogP contribution in [0.15, 0.2) is 60.7 Å². The monoisotopic (exact) mass is 431 g/mol. The molecule has 1 heterocycles. The number of rotatable bonds is 4. The molecule has 0 spiro atoms. The Morgan fingerprint density at radius 1 is 1.09 bits per heavy atom. The van der Waals surface area contributed by atoms with Gasteiger partial charge in [-0.25, -0.2) is 4.79 Å². The molecule has 0 saturated carbocycles. The Balaban J connectivity index is 1.71. The number of urea groups is 1. The number of fused-ring (bicyclic) bond motifs is 1. The molecule has 2 amide bonds. The second kappa shape index (κ2) is 8.70. The van der Waals surface area contributed by atoms with E-state index in [0.29, 0.717) is 24.2 Å². The molecule has 3 aromatic carbocycles. The molecule has 0 fully saturated rings. The van der Waals surface area contributed by atoms with Crippen molar-refractivity contribution in [3.05, 3.63) is 98.6 Å². The number of amides is 2. The van der Waals surface area contributed by atoms with Crippen LogP contribution in [0.25, 0.3) is 0 Å². The van der Waals surface area contributed by atoms with Crippen LogP contribution in [0.4, 0.5) is 16.2 Å². The van der Waals surface area contributed by atoms with Crippen molar-refractivity contribution in [1.29, 1.82) is 0 Å². The van der Waals surface area contributed by atoms with Crippen molar-refractivity contribution in [3.63, 3.8) is 0 Å². The van der Waals surface area contributed by atoms with Gasteiger partial charge in [-0.1, -0.05) is 42.5 Å². The van der Waals surface area contributed by atoms with Gasteiger partial charge in [-0.05, 0) is 54.7 Å². The van der Waals surface area contributed by atoms with Crippen molar-refractivity contribution in [2.75, 3.05) is 12.4 Å². The van der Waals surface area contributed by atoms with Gasteiger partial charge < -0.3 is 15.0 Å². The summed E-state index contributed by atoms with van der Waals surface area (Å²) in [5.41, 5.74) is 4.92. The van der Waals surface area contributed by atoms with Crippen molar-refractivity contribution < 1.29 is 14.5 Å². The van der Waals surface area contributed by atoms with E-state index in [4.69, 9.17) is 4.74 Å². The third kappa shape index (κ3) is 4.01. The van der Waals surface area contributed by atoms with Crippen molar-refractivity contribution in [3.8, 4) is 5.75 Å². The molecule has 0 aliphatic carbocycles. The summed E-state index contributed by atoms with van der Waals surface area (Å²) >= 11 is 0. The number of benzene rings is 3. The first-order chi connectivity index (χ1) is 15.4. The molecule has 3 aromatic rings. The summed E-state index contributed by atoms with van der Waals surface area (Å²) < 4.78 is 5.37. The largest absolute Gasteiger partial charge is 0.497 e. The molecule has 1 aliphatic rings. The van der Waals surface area contributed by atoms with E-state index in [1.165, 1.54) is 11.6 Å². The van der Waals surface area contributed by atoms with E-state index < -0.39 is 4.92 Å². The van der Waals surface area contributed by atoms with Gasteiger partial charge in [0.1, 0.15) is 5.75 Å². The molecule has 1 atom stereocenters. The van der Waals surface area contributed by atoms with Gasteiger partial charge in [0, 0.05) is 12.6 Å². The lowest BCUT2D eigenvalue weighted by Crippen LogP contribution is -2.41. The van der Waals surface area contributed by atoms with E-state index >= 15 is 0 Å². The molecule has 4 rings (SSSR count). The minimum absolute atomic E-state index is 0.0146. The van der Waals surface area contributed by atoms with Gasteiger partial charge in [0.2, 0.25) is 0 Å². The van der Waals surface area contributed by atoms with Crippen LogP contribution in [-0.2, 0) is 13.0 Å². The van der Waals surface area contributed by atoms with Gasteiger partial charge in [-0.2, -0.15) is 0 Å². The predicted octanol–water partition coefficient (Wildman–Crippen LogP) is 5.55. The fourth-order valence-electron chi connectivity index (χ4n) is 4.28. The molecule has 0 unspecified atom stereocenters. The quantitative estimate of drug-likeness (QED) is 0.433. The van der Waals surface area contributed by atoms with Gasteiger partial charge in [-0.3, -0.25) is 10.1 Å². The molecular formula is C25H25N3O4. The highest BCUT2D eigenvalue weighted by Gasteiger charge is 2.32. The maximum atomic E-state index is 13.5. The standard InChI is InChI=1S/C25H25N3O4/c1-16-9-12-22(28(30)31)17(2)24(16)26-25(29)27-15-20-13-21(32-3)11-10-19(20)14-23(27)18-7-5-4-6-8-18/h4-13,23H,14-15H2,1-3H3,(H,26,29)/t23-/m1/s1. The number of aryl methyl sites for hydroxylation is 1. The number of anilines is 1. The van der Waals surface area contributed by atoms with Crippen LogP contribution in [0.1, 0.15) is 33.9 Å². The molecule has 7 heteroatoms. The molecular weight excluding hydrogens is 406 g/mol. The number of nitro groups is 1. The Kier molecular flexibility index (Phi) is 5.81. The van der Waals surface area contributed by atoms with Gasteiger partial charge in [-0.15, -0.1) is 0 Å². The Morgan fingerprint density at radius 3 is 2.53 bits per heavy atom. The van der Waals surface area contributed by atoms with Crippen molar-refractivity contribution in [2.45, 2.75) is 32.9 Å².